The van der Waals surface area contributed by atoms with Crippen molar-refractivity contribution in [3.05, 3.63) is 34.1 Å². The van der Waals surface area contributed by atoms with Gasteiger partial charge in [0.25, 0.3) is 0 Å². The first-order chi connectivity index (χ1) is 7.25. The Morgan fingerprint density at radius 2 is 2.47 bits per heavy atom. The zero-order valence-corrected chi connectivity index (χ0v) is 9.54. The van der Waals surface area contributed by atoms with Crippen molar-refractivity contribution < 1.29 is 4.52 Å². The molecule has 0 aromatic carbocycles. The van der Waals surface area contributed by atoms with E-state index in [1.807, 2.05) is 24.7 Å². The molecule has 0 fully saturated rings. The first kappa shape index (κ1) is 10.3. The van der Waals surface area contributed by atoms with E-state index in [9.17, 15) is 0 Å². The topological polar surface area (TPSA) is 51.0 Å². The summed E-state index contributed by atoms with van der Waals surface area (Å²) in [6.07, 6.45) is 1.89. The summed E-state index contributed by atoms with van der Waals surface area (Å²) in [5, 5.41) is 7.28. The van der Waals surface area contributed by atoms with Gasteiger partial charge < -0.3 is 9.84 Å². The zero-order valence-electron chi connectivity index (χ0n) is 8.73. The maximum absolute atomic E-state index is 4.99. The molecule has 80 valence electrons. The van der Waals surface area contributed by atoms with E-state index in [2.05, 4.69) is 22.4 Å². The lowest BCUT2D eigenvalue weighted by Gasteiger charge is -2.09. The molecule has 4 nitrogen and oxygen atoms in total. The van der Waals surface area contributed by atoms with Crippen LogP contribution in [0.15, 0.2) is 22.3 Å². The molecule has 0 aliphatic rings. The number of aromatic nitrogens is 2. The van der Waals surface area contributed by atoms with Crippen molar-refractivity contribution in [3.63, 3.8) is 0 Å². The van der Waals surface area contributed by atoms with Crippen molar-refractivity contribution in [2.75, 3.05) is 0 Å². The minimum Gasteiger partial charge on any atom is -0.361 e. The molecule has 0 radical (unpaired) electrons. The minimum atomic E-state index is 0.300. The van der Waals surface area contributed by atoms with Crippen LogP contribution in [0.5, 0.6) is 0 Å². The van der Waals surface area contributed by atoms with Gasteiger partial charge in [0.1, 0.15) is 5.76 Å². The minimum absolute atomic E-state index is 0.300. The number of aryl methyl sites for hydroxylation is 1. The van der Waals surface area contributed by atoms with Crippen LogP contribution >= 0.6 is 11.3 Å². The first-order valence-electron chi connectivity index (χ1n) is 4.79. The van der Waals surface area contributed by atoms with E-state index in [1.54, 1.807) is 11.3 Å². The quantitative estimate of drug-likeness (QED) is 0.864. The van der Waals surface area contributed by atoms with Crippen molar-refractivity contribution in [2.24, 2.45) is 0 Å². The molecule has 0 saturated carbocycles. The van der Waals surface area contributed by atoms with Gasteiger partial charge in [-0.2, -0.15) is 0 Å². The molecule has 2 heterocycles. The van der Waals surface area contributed by atoms with Crippen molar-refractivity contribution >= 4 is 11.3 Å². The van der Waals surface area contributed by atoms with E-state index in [0.717, 1.165) is 18.0 Å². The third-order valence-corrected chi connectivity index (χ3v) is 3.10. The van der Waals surface area contributed by atoms with Gasteiger partial charge in [0.05, 0.1) is 11.2 Å². The summed E-state index contributed by atoms with van der Waals surface area (Å²) >= 11 is 1.65. The summed E-state index contributed by atoms with van der Waals surface area (Å²) in [5.74, 6) is 0.845. The van der Waals surface area contributed by atoms with Crippen LogP contribution in [0.25, 0.3) is 0 Å². The lowest BCUT2D eigenvalue weighted by atomic mass is 10.3. The third-order valence-electron chi connectivity index (χ3n) is 2.14. The van der Waals surface area contributed by atoms with Crippen molar-refractivity contribution in [1.29, 1.82) is 0 Å². The Kier molecular flexibility index (Phi) is 3.13. The van der Waals surface area contributed by atoms with Crippen molar-refractivity contribution in [1.82, 2.24) is 15.5 Å². The van der Waals surface area contributed by atoms with E-state index in [1.165, 1.54) is 4.88 Å². The highest BCUT2D eigenvalue weighted by molar-refractivity contribution is 7.09. The Bertz CT molecular complexity index is 410. The molecule has 15 heavy (non-hydrogen) atoms. The Morgan fingerprint density at radius 1 is 1.60 bits per heavy atom. The number of hydrogen-bond donors (Lipinski definition) is 1. The predicted octanol–water partition coefficient (Wildman–Crippen LogP) is 2.29. The maximum atomic E-state index is 4.99. The van der Waals surface area contributed by atoms with E-state index in [-0.39, 0.29) is 0 Å². The molecule has 2 rings (SSSR count). The smallest absolute Gasteiger partial charge is 0.133 e. The van der Waals surface area contributed by atoms with Gasteiger partial charge in [0.2, 0.25) is 0 Å². The fraction of sp³-hybridized carbons (Fsp3) is 0.400. The van der Waals surface area contributed by atoms with Crippen LogP contribution in [0.2, 0.25) is 0 Å². The highest BCUT2D eigenvalue weighted by atomic mass is 32.1. The summed E-state index contributed by atoms with van der Waals surface area (Å²) < 4.78 is 4.99. The fourth-order valence-corrected chi connectivity index (χ4v) is 1.95. The SMILES string of the molecule is Cc1cc(CNC(C)c2cncs2)no1. The van der Waals surface area contributed by atoms with Gasteiger partial charge in [-0.25, -0.2) is 0 Å². The van der Waals surface area contributed by atoms with Crippen LogP contribution < -0.4 is 5.32 Å². The summed E-state index contributed by atoms with van der Waals surface area (Å²) in [5.41, 5.74) is 2.78. The molecule has 0 aliphatic carbocycles. The molecule has 1 atom stereocenters. The molecule has 2 aromatic rings. The molecule has 0 spiro atoms. The maximum Gasteiger partial charge on any atom is 0.133 e. The first-order valence-corrected chi connectivity index (χ1v) is 5.67. The number of thiazole rings is 1. The van der Waals surface area contributed by atoms with Crippen LogP contribution in [0.4, 0.5) is 0 Å². The van der Waals surface area contributed by atoms with Crippen LogP contribution in [0.3, 0.4) is 0 Å². The molecule has 0 aliphatic heterocycles. The Labute approximate surface area is 92.3 Å². The average Bonchev–Trinajstić information content (AvgIpc) is 2.84. The monoisotopic (exact) mass is 223 g/mol. The largest absolute Gasteiger partial charge is 0.361 e. The number of nitrogens with zero attached hydrogens (tertiary/aromatic N) is 2. The van der Waals surface area contributed by atoms with Gasteiger partial charge in [-0.15, -0.1) is 11.3 Å². The Morgan fingerprint density at radius 3 is 3.07 bits per heavy atom. The number of nitrogens with one attached hydrogen (secondary N) is 1. The van der Waals surface area contributed by atoms with Gasteiger partial charge in [0, 0.05) is 29.7 Å². The molecule has 1 unspecified atom stereocenters. The number of hydrogen-bond acceptors (Lipinski definition) is 5. The lowest BCUT2D eigenvalue weighted by molar-refractivity contribution is 0.386. The van der Waals surface area contributed by atoms with E-state index in [4.69, 9.17) is 4.52 Å². The van der Waals surface area contributed by atoms with Gasteiger partial charge >= 0.3 is 0 Å². The standard InChI is InChI=1S/C10H13N3OS/c1-7-3-9(13-14-7)4-12-8(2)10-5-11-6-15-10/h3,5-6,8,12H,4H2,1-2H3. The van der Waals surface area contributed by atoms with Gasteiger partial charge in [-0.3, -0.25) is 4.98 Å². The summed E-state index contributed by atoms with van der Waals surface area (Å²) in [6.45, 7) is 4.72. The normalized spacial score (nSPS) is 12.9. The molecule has 0 amide bonds. The fourth-order valence-electron chi connectivity index (χ4n) is 1.30. The molecule has 0 saturated heterocycles. The molecule has 0 bridgehead atoms. The van der Waals surface area contributed by atoms with Crippen LogP contribution in [-0.4, -0.2) is 10.1 Å². The molecule has 2 aromatic heterocycles. The van der Waals surface area contributed by atoms with Gasteiger partial charge in [-0.1, -0.05) is 5.16 Å². The highest BCUT2D eigenvalue weighted by Gasteiger charge is 2.07. The summed E-state index contributed by atoms with van der Waals surface area (Å²) in [7, 11) is 0. The van der Waals surface area contributed by atoms with E-state index in [0.29, 0.717) is 6.04 Å². The van der Waals surface area contributed by atoms with E-state index >= 15 is 0 Å². The average molecular weight is 223 g/mol. The second kappa shape index (κ2) is 4.55. The van der Waals surface area contributed by atoms with E-state index < -0.39 is 0 Å². The van der Waals surface area contributed by atoms with Gasteiger partial charge in [-0.05, 0) is 13.8 Å². The van der Waals surface area contributed by atoms with Crippen LogP contribution in [0.1, 0.15) is 29.3 Å². The molecule has 1 N–H and O–H groups in total. The predicted molar refractivity (Wildman–Crippen MR) is 58.6 cm³/mol. The summed E-state index contributed by atoms with van der Waals surface area (Å²) in [6, 6.07) is 2.24. The molecular formula is C10H13N3OS. The van der Waals surface area contributed by atoms with Crippen LogP contribution in [-0.2, 0) is 6.54 Å². The second-order valence-corrected chi connectivity index (χ2v) is 4.35. The lowest BCUT2D eigenvalue weighted by Crippen LogP contribution is -2.17. The molecule has 5 heteroatoms. The Balaban J connectivity index is 1.88. The summed E-state index contributed by atoms with van der Waals surface area (Å²) in [4.78, 5) is 5.28. The van der Waals surface area contributed by atoms with Crippen LogP contribution in [0, 0.1) is 6.92 Å². The third kappa shape index (κ3) is 2.64. The van der Waals surface area contributed by atoms with Crippen molar-refractivity contribution in [3.8, 4) is 0 Å². The molecular weight excluding hydrogens is 210 g/mol. The van der Waals surface area contributed by atoms with Gasteiger partial charge in [0.15, 0.2) is 0 Å². The highest BCUT2D eigenvalue weighted by Crippen LogP contribution is 2.16. The Hall–Kier alpha value is -1.20. The number of rotatable bonds is 4. The second-order valence-electron chi connectivity index (χ2n) is 3.44. The van der Waals surface area contributed by atoms with Crippen molar-refractivity contribution in [2.45, 2.75) is 26.4 Å². The zero-order chi connectivity index (χ0) is 10.7.